The molecule has 1 unspecified atom stereocenters. The largest absolute Gasteiger partial charge is 0.398 e. The van der Waals surface area contributed by atoms with Crippen molar-refractivity contribution < 1.29 is 0 Å². The molecule has 102 valence electrons. The number of aryl methyl sites for hydroxylation is 1. The Morgan fingerprint density at radius 1 is 1.26 bits per heavy atom. The van der Waals surface area contributed by atoms with Crippen molar-refractivity contribution in [1.29, 1.82) is 0 Å². The van der Waals surface area contributed by atoms with Crippen molar-refractivity contribution in [3.8, 4) is 11.4 Å². The van der Waals surface area contributed by atoms with Gasteiger partial charge in [-0.05, 0) is 48.2 Å². The summed E-state index contributed by atoms with van der Waals surface area (Å²) in [4.78, 5) is 0. The summed E-state index contributed by atoms with van der Waals surface area (Å²) in [7, 11) is 0. The van der Waals surface area contributed by atoms with Crippen molar-refractivity contribution in [1.82, 2.24) is 20.2 Å². The Hall–Kier alpha value is -1.91. The minimum absolute atomic E-state index is 0.255. The molecule has 1 atom stereocenters. The fourth-order valence-corrected chi connectivity index (χ4v) is 2.33. The number of aromatic nitrogens is 4. The van der Waals surface area contributed by atoms with E-state index in [1.54, 1.807) is 0 Å². The van der Waals surface area contributed by atoms with Crippen LogP contribution in [0.1, 0.15) is 38.8 Å². The molecule has 0 saturated heterocycles. The zero-order chi connectivity index (χ0) is 14.0. The number of hydrogen-bond donors (Lipinski definition) is 1. The van der Waals surface area contributed by atoms with Crippen molar-refractivity contribution in [2.75, 3.05) is 5.73 Å². The van der Waals surface area contributed by atoms with Gasteiger partial charge in [0.1, 0.15) is 0 Å². The molecule has 0 spiro atoms. The molecule has 0 aliphatic heterocycles. The van der Waals surface area contributed by atoms with Crippen LogP contribution in [0.2, 0.25) is 0 Å². The first-order valence-corrected chi connectivity index (χ1v) is 6.64. The summed E-state index contributed by atoms with van der Waals surface area (Å²) >= 11 is 0. The monoisotopic (exact) mass is 259 g/mol. The van der Waals surface area contributed by atoms with Crippen LogP contribution >= 0.6 is 0 Å². The summed E-state index contributed by atoms with van der Waals surface area (Å²) in [6.07, 6.45) is 1.03. The Morgan fingerprint density at radius 2 is 2.00 bits per heavy atom. The second-order valence-electron chi connectivity index (χ2n) is 5.46. The average molecular weight is 259 g/mol. The summed E-state index contributed by atoms with van der Waals surface area (Å²) in [6, 6.07) is 6.19. The Kier molecular flexibility index (Phi) is 3.83. The molecule has 5 heteroatoms. The van der Waals surface area contributed by atoms with Gasteiger partial charge in [-0.3, -0.25) is 0 Å². The van der Waals surface area contributed by atoms with Crippen LogP contribution < -0.4 is 5.73 Å². The van der Waals surface area contributed by atoms with Gasteiger partial charge in [0, 0.05) is 11.3 Å². The molecule has 0 amide bonds. The third-order valence-electron chi connectivity index (χ3n) is 3.29. The van der Waals surface area contributed by atoms with Crippen molar-refractivity contribution in [3.63, 3.8) is 0 Å². The lowest BCUT2D eigenvalue weighted by Gasteiger charge is -2.16. The van der Waals surface area contributed by atoms with Gasteiger partial charge in [-0.15, -0.1) is 5.10 Å². The molecular formula is C14H21N5. The Labute approximate surface area is 113 Å². The van der Waals surface area contributed by atoms with Gasteiger partial charge in [0.25, 0.3) is 0 Å². The van der Waals surface area contributed by atoms with Crippen LogP contribution in [-0.2, 0) is 0 Å². The molecule has 1 aromatic heterocycles. The van der Waals surface area contributed by atoms with E-state index in [0.29, 0.717) is 5.92 Å². The maximum atomic E-state index is 6.14. The normalized spacial score (nSPS) is 12.9. The molecule has 1 heterocycles. The van der Waals surface area contributed by atoms with Crippen LogP contribution in [0.25, 0.3) is 11.4 Å². The topological polar surface area (TPSA) is 69.6 Å². The van der Waals surface area contributed by atoms with Gasteiger partial charge in [0.15, 0.2) is 5.82 Å². The van der Waals surface area contributed by atoms with Gasteiger partial charge in [-0.2, -0.15) is 0 Å². The van der Waals surface area contributed by atoms with Gasteiger partial charge < -0.3 is 5.73 Å². The summed E-state index contributed by atoms with van der Waals surface area (Å²) in [5.74, 6) is 1.34. The number of para-hydroxylation sites is 1. The van der Waals surface area contributed by atoms with Crippen molar-refractivity contribution in [2.45, 2.75) is 40.2 Å². The lowest BCUT2D eigenvalue weighted by molar-refractivity contribution is 0.394. The molecule has 0 aliphatic rings. The van der Waals surface area contributed by atoms with Gasteiger partial charge >= 0.3 is 0 Å². The van der Waals surface area contributed by atoms with Gasteiger partial charge in [0.05, 0.1) is 6.04 Å². The van der Waals surface area contributed by atoms with Crippen LogP contribution in [0, 0.1) is 12.8 Å². The van der Waals surface area contributed by atoms with Gasteiger partial charge in [-0.25, -0.2) is 4.68 Å². The minimum atomic E-state index is 0.255. The number of anilines is 1. The fourth-order valence-electron chi connectivity index (χ4n) is 2.33. The smallest absolute Gasteiger partial charge is 0.184 e. The number of nitrogens with two attached hydrogens (primary N) is 1. The van der Waals surface area contributed by atoms with E-state index in [2.05, 4.69) is 36.3 Å². The zero-order valence-electron chi connectivity index (χ0n) is 12.0. The Balaban J connectivity index is 2.41. The SMILES string of the molecule is Cc1cccc(-c2nnnn2C(C)CC(C)C)c1N. The number of rotatable bonds is 4. The van der Waals surface area contributed by atoms with Crippen LogP contribution in [-0.4, -0.2) is 20.2 Å². The van der Waals surface area contributed by atoms with Crippen molar-refractivity contribution in [3.05, 3.63) is 23.8 Å². The lowest BCUT2D eigenvalue weighted by Crippen LogP contribution is -2.12. The predicted molar refractivity (Wildman–Crippen MR) is 76.6 cm³/mol. The number of benzene rings is 1. The molecule has 0 radical (unpaired) electrons. The molecule has 1 aromatic carbocycles. The number of tetrazole rings is 1. The molecule has 19 heavy (non-hydrogen) atoms. The zero-order valence-corrected chi connectivity index (χ0v) is 12.0. The van der Waals surface area contributed by atoms with E-state index in [4.69, 9.17) is 5.73 Å². The third-order valence-corrected chi connectivity index (χ3v) is 3.29. The van der Waals surface area contributed by atoms with E-state index < -0.39 is 0 Å². The highest BCUT2D eigenvalue weighted by molar-refractivity contribution is 5.73. The standard InChI is InChI=1S/C14H21N5/c1-9(2)8-11(4)19-14(16-17-18-19)12-7-5-6-10(3)13(12)15/h5-7,9,11H,8,15H2,1-4H3. The Morgan fingerprint density at radius 3 is 2.68 bits per heavy atom. The first-order chi connectivity index (χ1) is 9.00. The second-order valence-corrected chi connectivity index (χ2v) is 5.46. The summed E-state index contributed by atoms with van der Waals surface area (Å²) in [6.45, 7) is 8.51. The van der Waals surface area contributed by atoms with Crippen LogP contribution in [0.5, 0.6) is 0 Å². The number of hydrogen-bond acceptors (Lipinski definition) is 4. The number of nitrogens with zero attached hydrogens (tertiary/aromatic N) is 4. The minimum Gasteiger partial charge on any atom is -0.398 e. The predicted octanol–water partition coefficient (Wildman–Crippen LogP) is 2.84. The highest BCUT2D eigenvalue weighted by atomic mass is 15.5. The van der Waals surface area contributed by atoms with Gasteiger partial charge in [0.2, 0.25) is 0 Å². The summed E-state index contributed by atoms with van der Waals surface area (Å²) in [5.41, 5.74) is 8.83. The van der Waals surface area contributed by atoms with Gasteiger partial charge in [-0.1, -0.05) is 26.0 Å². The summed E-state index contributed by atoms with van der Waals surface area (Å²) in [5, 5.41) is 12.1. The lowest BCUT2D eigenvalue weighted by atomic mass is 10.0. The average Bonchev–Trinajstić information content (AvgIpc) is 2.80. The maximum Gasteiger partial charge on any atom is 0.184 e. The molecule has 0 saturated carbocycles. The van der Waals surface area contributed by atoms with Crippen molar-refractivity contribution in [2.24, 2.45) is 5.92 Å². The first kappa shape index (κ1) is 13.5. The second kappa shape index (κ2) is 5.38. The van der Waals surface area contributed by atoms with E-state index in [9.17, 15) is 0 Å². The highest BCUT2D eigenvalue weighted by Gasteiger charge is 2.17. The molecule has 2 rings (SSSR count). The molecule has 0 bridgehead atoms. The molecular weight excluding hydrogens is 238 g/mol. The molecule has 0 aliphatic carbocycles. The van der Waals surface area contributed by atoms with E-state index >= 15 is 0 Å². The van der Waals surface area contributed by atoms with Crippen LogP contribution in [0.15, 0.2) is 18.2 Å². The highest BCUT2D eigenvalue weighted by Crippen LogP contribution is 2.28. The van der Waals surface area contributed by atoms with Crippen LogP contribution in [0.3, 0.4) is 0 Å². The Bertz CT molecular complexity index is 559. The van der Waals surface area contributed by atoms with E-state index in [-0.39, 0.29) is 6.04 Å². The van der Waals surface area contributed by atoms with E-state index in [0.717, 1.165) is 29.1 Å². The first-order valence-electron chi connectivity index (χ1n) is 6.64. The van der Waals surface area contributed by atoms with Crippen LogP contribution in [0.4, 0.5) is 5.69 Å². The molecule has 0 fully saturated rings. The molecule has 2 N–H and O–H groups in total. The molecule has 2 aromatic rings. The fraction of sp³-hybridized carbons (Fsp3) is 0.500. The summed E-state index contributed by atoms with van der Waals surface area (Å²) < 4.78 is 1.87. The van der Waals surface area contributed by atoms with E-state index in [1.807, 2.05) is 29.8 Å². The quantitative estimate of drug-likeness (QED) is 0.857. The third kappa shape index (κ3) is 2.75. The number of nitrogen functional groups attached to an aromatic ring is 1. The maximum absolute atomic E-state index is 6.14. The molecule has 5 nitrogen and oxygen atoms in total. The van der Waals surface area contributed by atoms with Crippen molar-refractivity contribution >= 4 is 5.69 Å². The van der Waals surface area contributed by atoms with E-state index in [1.165, 1.54) is 0 Å².